The van der Waals surface area contributed by atoms with Gasteiger partial charge in [-0.2, -0.15) is 18.3 Å². The van der Waals surface area contributed by atoms with Crippen LogP contribution in [0.5, 0.6) is 0 Å². The Balaban J connectivity index is 1.92. The monoisotopic (exact) mass is 618 g/mol. The summed E-state index contributed by atoms with van der Waals surface area (Å²) in [6.45, 7) is 8.74. The number of hydrogen-bond acceptors (Lipinski definition) is 6. The van der Waals surface area contributed by atoms with Crippen molar-refractivity contribution in [3.05, 3.63) is 45.5 Å². The quantitative estimate of drug-likeness (QED) is 0.221. The second kappa shape index (κ2) is 12.7. The first-order chi connectivity index (χ1) is 19.0. The van der Waals surface area contributed by atoms with Crippen molar-refractivity contribution >= 4 is 40.9 Å². The Hall–Kier alpha value is -2.66. The molecule has 0 aliphatic heterocycles. The average Bonchev–Trinajstić information content (AvgIpc) is 3.28. The number of amides is 1. The fraction of sp³-hybridized carbons (Fsp3) is 0.607. The third-order valence-electron chi connectivity index (χ3n) is 7.10. The summed E-state index contributed by atoms with van der Waals surface area (Å²) in [6.07, 6.45) is 0.351. The second-order valence-electron chi connectivity index (χ2n) is 12.0. The molecule has 3 rings (SSSR count). The van der Waals surface area contributed by atoms with Crippen molar-refractivity contribution in [3.63, 3.8) is 0 Å². The van der Waals surface area contributed by atoms with Gasteiger partial charge in [-0.1, -0.05) is 50.9 Å². The predicted molar refractivity (Wildman–Crippen MR) is 148 cm³/mol. The number of carbonyl (C=O) groups is 3. The standard InChI is InChI=1S/C28H35Cl2F3N4O4/c1-6-41-22(39)11-27(5)9-7-17(8-10-27)37-24(28(31,32)33)18(12-35-37)25(40)36(16-26(2,3)4)15-21(38)23-19(29)13-34-14-20(23)30/h12-14,17H,6-11,15-16H2,1-5H3. The van der Waals surface area contributed by atoms with Crippen LogP contribution >= 0.6 is 23.2 Å². The first-order valence-electron chi connectivity index (χ1n) is 13.4. The van der Waals surface area contributed by atoms with E-state index < -0.39 is 52.5 Å². The Labute approximate surface area is 247 Å². The van der Waals surface area contributed by atoms with Gasteiger partial charge in [0.05, 0.1) is 53.0 Å². The Morgan fingerprint density at radius 3 is 2.20 bits per heavy atom. The van der Waals surface area contributed by atoms with Crippen molar-refractivity contribution in [2.45, 2.75) is 78.9 Å². The van der Waals surface area contributed by atoms with E-state index in [-0.39, 0.29) is 41.2 Å². The number of rotatable bonds is 9. The molecule has 1 amide bonds. The van der Waals surface area contributed by atoms with E-state index in [0.29, 0.717) is 25.7 Å². The molecule has 41 heavy (non-hydrogen) atoms. The van der Waals surface area contributed by atoms with Gasteiger partial charge >= 0.3 is 12.1 Å². The number of halogens is 5. The van der Waals surface area contributed by atoms with Crippen LogP contribution in [0.2, 0.25) is 10.0 Å². The fourth-order valence-electron chi connectivity index (χ4n) is 5.23. The summed E-state index contributed by atoms with van der Waals surface area (Å²) in [5, 5.41) is 3.98. The van der Waals surface area contributed by atoms with Gasteiger partial charge in [-0.3, -0.25) is 24.0 Å². The van der Waals surface area contributed by atoms with Gasteiger partial charge in [-0.15, -0.1) is 0 Å². The highest BCUT2D eigenvalue weighted by Crippen LogP contribution is 2.45. The van der Waals surface area contributed by atoms with Gasteiger partial charge in [0.2, 0.25) is 0 Å². The Morgan fingerprint density at radius 1 is 1.10 bits per heavy atom. The normalized spacial score (nSPS) is 19.6. The highest BCUT2D eigenvalue weighted by atomic mass is 35.5. The highest BCUT2D eigenvalue weighted by molar-refractivity contribution is 6.39. The van der Waals surface area contributed by atoms with Gasteiger partial charge in [0.25, 0.3) is 5.91 Å². The molecule has 0 atom stereocenters. The lowest BCUT2D eigenvalue weighted by atomic mass is 9.72. The van der Waals surface area contributed by atoms with Gasteiger partial charge in [0.15, 0.2) is 11.5 Å². The second-order valence-corrected chi connectivity index (χ2v) is 12.8. The maximum absolute atomic E-state index is 14.5. The molecule has 226 valence electrons. The maximum atomic E-state index is 14.5. The number of nitrogens with zero attached hydrogens (tertiary/aromatic N) is 4. The van der Waals surface area contributed by atoms with E-state index in [1.165, 1.54) is 12.4 Å². The van der Waals surface area contributed by atoms with Gasteiger partial charge in [0, 0.05) is 18.9 Å². The van der Waals surface area contributed by atoms with Crippen molar-refractivity contribution in [2.24, 2.45) is 10.8 Å². The number of ether oxygens (including phenoxy) is 1. The molecule has 13 heteroatoms. The molecule has 0 radical (unpaired) electrons. The molecule has 1 aliphatic carbocycles. The molecule has 0 bridgehead atoms. The third-order valence-corrected chi connectivity index (χ3v) is 7.67. The number of carbonyl (C=O) groups excluding carboxylic acids is 3. The minimum absolute atomic E-state index is 0.0178. The van der Waals surface area contributed by atoms with Crippen LogP contribution in [0.15, 0.2) is 18.6 Å². The van der Waals surface area contributed by atoms with Crippen LogP contribution < -0.4 is 0 Å². The summed E-state index contributed by atoms with van der Waals surface area (Å²) in [7, 11) is 0. The zero-order valence-corrected chi connectivity index (χ0v) is 25.3. The van der Waals surface area contributed by atoms with Crippen LogP contribution in [0.25, 0.3) is 0 Å². The molecule has 1 fully saturated rings. The van der Waals surface area contributed by atoms with Gasteiger partial charge in [-0.25, -0.2) is 0 Å². The van der Waals surface area contributed by atoms with Gasteiger partial charge < -0.3 is 9.64 Å². The lowest BCUT2D eigenvalue weighted by Crippen LogP contribution is -2.42. The molecule has 0 spiro atoms. The molecule has 0 saturated heterocycles. The Kier molecular flexibility index (Phi) is 10.2. The van der Waals surface area contributed by atoms with Crippen LogP contribution in [0.4, 0.5) is 13.2 Å². The molecule has 8 nitrogen and oxygen atoms in total. The van der Waals surface area contributed by atoms with E-state index in [0.717, 1.165) is 15.8 Å². The lowest BCUT2D eigenvalue weighted by molar-refractivity contribution is -0.146. The molecule has 0 aromatic carbocycles. The Bertz CT molecular complexity index is 1260. The van der Waals surface area contributed by atoms with Gasteiger partial charge in [0.1, 0.15) is 0 Å². The minimum Gasteiger partial charge on any atom is -0.466 e. The fourth-order valence-corrected chi connectivity index (χ4v) is 5.81. The average molecular weight is 620 g/mol. The van der Waals surface area contributed by atoms with E-state index in [1.807, 2.05) is 6.92 Å². The smallest absolute Gasteiger partial charge is 0.433 e. The van der Waals surface area contributed by atoms with Crippen LogP contribution in [0.1, 0.15) is 99.2 Å². The third kappa shape index (κ3) is 8.22. The largest absolute Gasteiger partial charge is 0.466 e. The van der Waals surface area contributed by atoms with Gasteiger partial charge in [-0.05, 0) is 43.4 Å². The highest BCUT2D eigenvalue weighted by Gasteiger charge is 2.44. The molecule has 1 saturated carbocycles. The SMILES string of the molecule is CCOC(=O)CC1(C)CCC(n2ncc(C(=O)N(CC(=O)c3c(Cl)cncc3Cl)CC(C)(C)C)c2C(F)(F)F)CC1. The molecular formula is C28H35Cl2F3N4O4. The van der Waals surface area contributed by atoms with Crippen molar-refractivity contribution < 1.29 is 32.3 Å². The van der Waals surface area contributed by atoms with Crippen LogP contribution in [0.3, 0.4) is 0 Å². The lowest BCUT2D eigenvalue weighted by Gasteiger charge is -2.37. The van der Waals surface area contributed by atoms with Crippen molar-refractivity contribution in [3.8, 4) is 0 Å². The van der Waals surface area contributed by atoms with E-state index in [1.54, 1.807) is 27.7 Å². The number of ketones is 1. The molecular weight excluding hydrogens is 584 g/mol. The van der Waals surface area contributed by atoms with Crippen molar-refractivity contribution in [2.75, 3.05) is 19.7 Å². The minimum atomic E-state index is -4.89. The number of alkyl halides is 3. The molecule has 0 unspecified atom stereocenters. The van der Waals surface area contributed by atoms with Crippen LogP contribution in [-0.4, -0.2) is 57.0 Å². The zero-order valence-electron chi connectivity index (χ0n) is 23.8. The maximum Gasteiger partial charge on any atom is 0.433 e. The Morgan fingerprint density at radius 2 is 1.68 bits per heavy atom. The molecule has 1 aliphatic rings. The van der Waals surface area contributed by atoms with Crippen molar-refractivity contribution in [1.29, 1.82) is 0 Å². The van der Waals surface area contributed by atoms with E-state index in [9.17, 15) is 27.6 Å². The number of aromatic nitrogens is 3. The first-order valence-corrected chi connectivity index (χ1v) is 14.1. The molecule has 2 aromatic rings. The van der Waals surface area contributed by atoms with E-state index in [4.69, 9.17) is 27.9 Å². The topological polar surface area (TPSA) is 94.4 Å². The summed E-state index contributed by atoms with van der Waals surface area (Å²) in [5.74, 6) is -1.94. The summed E-state index contributed by atoms with van der Waals surface area (Å²) in [6, 6.07) is -0.615. The summed E-state index contributed by atoms with van der Waals surface area (Å²) in [4.78, 5) is 43.8. The molecule has 0 N–H and O–H groups in total. The summed E-state index contributed by atoms with van der Waals surface area (Å²) in [5.41, 5.74) is -2.81. The van der Waals surface area contributed by atoms with E-state index in [2.05, 4.69) is 10.1 Å². The van der Waals surface area contributed by atoms with Crippen molar-refractivity contribution in [1.82, 2.24) is 19.7 Å². The first kappa shape index (κ1) is 32.8. The summed E-state index contributed by atoms with van der Waals surface area (Å²) < 4.78 is 49.4. The number of pyridine rings is 1. The number of esters is 1. The zero-order chi connectivity index (χ0) is 30.8. The van der Waals surface area contributed by atoms with E-state index >= 15 is 0 Å². The summed E-state index contributed by atoms with van der Waals surface area (Å²) >= 11 is 12.2. The van der Waals surface area contributed by atoms with Crippen LogP contribution in [-0.2, 0) is 15.7 Å². The van der Waals surface area contributed by atoms with Crippen LogP contribution in [0, 0.1) is 10.8 Å². The molecule has 2 aromatic heterocycles. The predicted octanol–water partition coefficient (Wildman–Crippen LogP) is 7.05. The molecule has 2 heterocycles. The number of Topliss-reactive ketones (excluding diaryl/α,β-unsaturated/α-hetero) is 1. The number of hydrogen-bond donors (Lipinski definition) is 0.